The second-order valence-electron chi connectivity index (χ2n) is 10.4. The van der Waals surface area contributed by atoms with Crippen molar-refractivity contribution in [2.24, 2.45) is 11.8 Å². The first-order valence-electron chi connectivity index (χ1n) is 12.3. The van der Waals surface area contributed by atoms with E-state index in [0.29, 0.717) is 34.5 Å². The molecule has 1 aliphatic carbocycles. The van der Waals surface area contributed by atoms with Crippen LogP contribution in [0.4, 0.5) is 0 Å². The van der Waals surface area contributed by atoms with Crippen molar-refractivity contribution in [2.45, 2.75) is 64.9 Å². The molecule has 2 aromatic carbocycles. The fourth-order valence-corrected chi connectivity index (χ4v) is 4.77. The number of ether oxygens (including phenoxy) is 2. The van der Waals surface area contributed by atoms with Crippen molar-refractivity contribution < 1.29 is 24.2 Å². The molecule has 36 heavy (non-hydrogen) atoms. The van der Waals surface area contributed by atoms with Gasteiger partial charge in [0.25, 0.3) is 0 Å². The summed E-state index contributed by atoms with van der Waals surface area (Å²) >= 11 is 0. The highest BCUT2D eigenvalue weighted by atomic mass is 16.5. The van der Waals surface area contributed by atoms with Crippen LogP contribution >= 0.6 is 0 Å². The molecular weight excluding hydrogens is 458 g/mol. The summed E-state index contributed by atoms with van der Waals surface area (Å²) in [5, 5.41) is 20.1. The van der Waals surface area contributed by atoms with Crippen LogP contribution in [-0.4, -0.2) is 38.1 Å². The number of aromatic nitrogens is 3. The molecule has 0 saturated heterocycles. The Balaban J connectivity index is 1.65. The first-order chi connectivity index (χ1) is 17.1. The zero-order chi connectivity index (χ0) is 26.0. The third-order valence-corrected chi connectivity index (χ3v) is 6.79. The molecule has 3 aromatic rings. The molecular formula is C28H33N3O5. The van der Waals surface area contributed by atoms with Crippen molar-refractivity contribution in [1.82, 2.24) is 15.0 Å². The molecule has 8 nitrogen and oxygen atoms in total. The minimum atomic E-state index is -0.492. The van der Waals surface area contributed by atoms with E-state index in [0.717, 1.165) is 25.3 Å². The van der Waals surface area contributed by atoms with Crippen molar-refractivity contribution >= 4 is 23.0 Å². The third kappa shape index (κ3) is 5.27. The molecule has 1 heterocycles. The lowest BCUT2D eigenvalue weighted by molar-refractivity contribution is -0.154. The predicted molar refractivity (Wildman–Crippen MR) is 136 cm³/mol. The standard InChI is InChI=1S/C28H33N3O5/c1-6-25(32)36-24-14-10-7-11-19(24)17(2)27(34)35-18-15-20(28(3,4)5)26(33)23(16-18)31-29-21-12-8-9-13-22(21)30-31/h6,8-9,12-13,15-17,19,24,33H,1,7,10-11,14H2,2-5H3. The Morgan fingerprint density at radius 2 is 1.78 bits per heavy atom. The van der Waals surface area contributed by atoms with Crippen molar-refractivity contribution in [1.29, 1.82) is 0 Å². The number of hydrogen-bond donors (Lipinski definition) is 1. The molecule has 0 aliphatic heterocycles. The van der Waals surface area contributed by atoms with Crippen LogP contribution in [-0.2, 0) is 19.7 Å². The lowest BCUT2D eigenvalue weighted by Crippen LogP contribution is -2.38. The van der Waals surface area contributed by atoms with Gasteiger partial charge in [-0.2, -0.15) is 0 Å². The second-order valence-corrected chi connectivity index (χ2v) is 10.4. The number of rotatable bonds is 6. The van der Waals surface area contributed by atoms with E-state index in [1.54, 1.807) is 19.1 Å². The molecule has 0 amide bonds. The predicted octanol–water partition coefficient (Wildman–Crippen LogP) is 5.25. The van der Waals surface area contributed by atoms with Gasteiger partial charge in [-0.15, -0.1) is 15.0 Å². The Kier molecular flexibility index (Phi) is 7.15. The summed E-state index contributed by atoms with van der Waals surface area (Å²) in [6.07, 6.45) is 4.16. The van der Waals surface area contributed by atoms with E-state index in [1.807, 2.05) is 45.0 Å². The number of fused-ring (bicyclic) bond motifs is 1. The van der Waals surface area contributed by atoms with Gasteiger partial charge in [0, 0.05) is 23.6 Å². The van der Waals surface area contributed by atoms with Crippen LogP contribution in [0.2, 0.25) is 0 Å². The summed E-state index contributed by atoms with van der Waals surface area (Å²) in [5.41, 5.74) is 1.86. The number of carbonyl (C=O) groups excluding carboxylic acids is 2. The number of phenolic OH excluding ortho intramolecular Hbond substituents is 1. The monoisotopic (exact) mass is 491 g/mol. The van der Waals surface area contributed by atoms with E-state index < -0.39 is 23.3 Å². The van der Waals surface area contributed by atoms with Crippen LogP contribution in [0.15, 0.2) is 49.1 Å². The van der Waals surface area contributed by atoms with E-state index in [1.165, 1.54) is 4.80 Å². The third-order valence-electron chi connectivity index (χ3n) is 6.79. The number of phenols is 1. The second kappa shape index (κ2) is 10.1. The molecule has 3 atom stereocenters. The average molecular weight is 492 g/mol. The normalized spacial score (nSPS) is 19.0. The number of benzene rings is 2. The first kappa shape index (κ1) is 25.4. The van der Waals surface area contributed by atoms with Gasteiger partial charge in [-0.3, -0.25) is 4.79 Å². The molecule has 190 valence electrons. The van der Waals surface area contributed by atoms with Crippen LogP contribution in [0.25, 0.3) is 16.7 Å². The highest BCUT2D eigenvalue weighted by Gasteiger charge is 2.36. The van der Waals surface area contributed by atoms with E-state index in [9.17, 15) is 14.7 Å². The van der Waals surface area contributed by atoms with E-state index in [4.69, 9.17) is 9.47 Å². The summed E-state index contributed by atoms with van der Waals surface area (Å²) in [6, 6.07) is 10.7. The molecule has 1 aromatic heterocycles. The van der Waals surface area contributed by atoms with Crippen LogP contribution in [0.1, 0.15) is 58.9 Å². The molecule has 1 saturated carbocycles. The summed E-state index contributed by atoms with van der Waals surface area (Å²) in [6.45, 7) is 11.2. The molecule has 1 N–H and O–H groups in total. The van der Waals surface area contributed by atoms with Gasteiger partial charge in [-0.25, -0.2) is 4.79 Å². The summed E-state index contributed by atoms with van der Waals surface area (Å²) in [5.74, 6) is -1.22. The van der Waals surface area contributed by atoms with Crippen molar-refractivity contribution in [3.8, 4) is 17.2 Å². The topological polar surface area (TPSA) is 104 Å². The maximum absolute atomic E-state index is 13.3. The van der Waals surface area contributed by atoms with Gasteiger partial charge in [-0.1, -0.05) is 52.8 Å². The van der Waals surface area contributed by atoms with Gasteiger partial charge in [0.05, 0.1) is 5.92 Å². The van der Waals surface area contributed by atoms with E-state index in [-0.39, 0.29) is 17.8 Å². The fraction of sp³-hybridized carbons (Fsp3) is 0.429. The zero-order valence-corrected chi connectivity index (χ0v) is 21.2. The number of hydrogen-bond acceptors (Lipinski definition) is 7. The molecule has 3 unspecified atom stereocenters. The van der Waals surface area contributed by atoms with Crippen molar-refractivity contribution in [2.75, 3.05) is 0 Å². The van der Waals surface area contributed by atoms with Crippen LogP contribution in [0, 0.1) is 11.8 Å². The van der Waals surface area contributed by atoms with Gasteiger partial charge in [0.1, 0.15) is 34.3 Å². The largest absolute Gasteiger partial charge is 0.505 e. The van der Waals surface area contributed by atoms with Crippen LogP contribution in [0.3, 0.4) is 0 Å². The first-order valence-corrected chi connectivity index (χ1v) is 12.3. The van der Waals surface area contributed by atoms with Gasteiger partial charge < -0.3 is 14.6 Å². The Bertz CT molecular complexity index is 1260. The molecule has 4 rings (SSSR count). The maximum atomic E-state index is 13.3. The Labute approximate surface area is 210 Å². The minimum absolute atomic E-state index is 0.0272. The number of aromatic hydroxyl groups is 1. The Morgan fingerprint density at radius 3 is 2.39 bits per heavy atom. The maximum Gasteiger partial charge on any atom is 0.330 e. The van der Waals surface area contributed by atoms with E-state index >= 15 is 0 Å². The smallest absolute Gasteiger partial charge is 0.330 e. The fourth-order valence-electron chi connectivity index (χ4n) is 4.77. The van der Waals surface area contributed by atoms with Crippen molar-refractivity contribution in [3.05, 3.63) is 54.6 Å². The van der Waals surface area contributed by atoms with Gasteiger partial charge in [0.15, 0.2) is 0 Å². The van der Waals surface area contributed by atoms with Gasteiger partial charge >= 0.3 is 11.9 Å². The SMILES string of the molecule is C=CC(=O)OC1CCCCC1C(C)C(=O)Oc1cc(-n2nc3ccccc3n2)c(O)c(C(C)(C)C)c1. The van der Waals surface area contributed by atoms with Gasteiger partial charge in [0.2, 0.25) is 0 Å². The molecule has 0 bridgehead atoms. The van der Waals surface area contributed by atoms with Crippen LogP contribution < -0.4 is 4.74 Å². The van der Waals surface area contributed by atoms with E-state index in [2.05, 4.69) is 16.8 Å². The summed E-state index contributed by atoms with van der Waals surface area (Å²) < 4.78 is 11.4. The van der Waals surface area contributed by atoms with Gasteiger partial charge in [-0.05, 0) is 42.9 Å². The highest BCUT2D eigenvalue weighted by molar-refractivity contribution is 5.81. The highest BCUT2D eigenvalue weighted by Crippen LogP contribution is 2.39. The summed E-state index contributed by atoms with van der Waals surface area (Å²) in [4.78, 5) is 26.4. The van der Waals surface area contributed by atoms with Crippen LogP contribution in [0.5, 0.6) is 11.5 Å². The molecule has 0 spiro atoms. The number of nitrogens with zero attached hydrogens (tertiary/aromatic N) is 3. The Hall–Kier alpha value is -3.68. The lowest BCUT2D eigenvalue weighted by atomic mass is 9.78. The number of esters is 2. The summed E-state index contributed by atoms with van der Waals surface area (Å²) in [7, 11) is 0. The zero-order valence-electron chi connectivity index (χ0n) is 21.2. The van der Waals surface area contributed by atoms with Crippen molar-refractivity contribution in [3.63, 3.8) is 0 Å². The molecule has 1 fully saturated rings. The minimum Gasteiger partial charge on any atom is -0.505 e. The average Bonchev–Trinajstić information content (AvgIpc) is 3.28. The lowest BCUT2D eigenvalue weighted by Gasteiger charge is -2.33. The molecule has 1 aliphatic rings. The number of carbonyl (C=O) groups is 2. The Morgan fingerprint density at radius 1 is 1.14 bits per heavy atom. The quantitative estimate of drug-likeness (QED) is 0.285. The molecule has 0 radical (unpaired) electrons. The molecule has 8 heteroatoms.